The Balaban J connectivity index is 1.70. The highest BCUT2D eigenvalue weighted by atomic mass is 35.5. The van der Waals surface area contributed by atoms with Crippen LogP contribution in [0, 0.1) is 13.8 Å². The third-order valence-electron chi connectivity index (χ3n) is 3.81. The van der Waals surface area contributed by atoms with Crippen molar-refractivity contribution in [1.29, 1.82) is 0 Å². The number of nitrogens with zero attached hydrogens (tertiary/aromatic N) is 4. The zero-order valence-corrected chi connectivity index (χ0v) is 16.4. The molecule has 0 fully saturated rings. The minimum Gasteiger partial charge on any atom is -0.308 e. The smallest absolute Gasteiger partial charge is 0.247 e. The lowest BCUT2D eigenvalue weighted by molar-refractivity contribution is -0.116. The molecule has 0 bridgehead atoms. The number of nitrogens with one attached hydrogen (secondary N) is 1. The van der Waals surface area contributed by atoms with Gasteiger partial charge >= 0.3 is 0 Å². The van der Waals surface area contributed by atoms with Gasteiger partial charge in [-0.25, -0.2) is 0 Å². The summed E-state index contributed by atoms with van der Waals surface area (Å²) in [6.07, 6.45) is 1.61. The molecule has 1 aromatic carbocycles. The molecule has 0 aliphatic rings. The van der Waals surface area contributed by atoms with E-state index >= 15 is 0 Å². The summed E-state index contributed by atoms with van der Waals surface area (Å²) in [5, 5.41) is 13.0. The lowest BCUT2D eigenvalue weighted by atomic mass is 10.2. The fraction of sp³-hybridized carbons (Fsp3) is 0.235. The maximum absolute atomic E-state index is 12.2. The van der Waals surface area contributed by atoms with Gasteiger partial charge in [-0.1, -0.05) is 40.9 Å². The minimum absolute atomic E-state index is 0.0514. The minimum atomic E-state index is -0.246. The molecular weight excluding hydrogens is 397 g/mol. The summed E-state index contributed by atoms with van der Waals surface area (Å²) >= 11 is 18.4. The highest BCUT2D eigenvalue weighted by Crippen LogP contribution is 2.25. The van der Waals surface area contributed by atoms with Gasteiger partial charge in [0.15, 0.2) is 5.82 Å². The number of hydrogen-bond acceptors (Lipinski definition) is 3. The fourth-order valence-electron chi connectivity index (χ4n) is 2.47. The molecule has 0 atom stereocenters. The normalized spacial score (nSPS) is 11.0. The van der Waals surface area contributed by atoms with Gasteiger partial charge in [0.1, 0.15) is 6.54 Å². The molecule has 1 N–H and O–H groups in total. The van der Waals surface area contributed by atoms with Crippen molar-refractivity contribution in [3.05, 3.63) is 62.5 Å². The molecule has 0 aliphatic carbocycles. The molecule has 136 valence electrons. The van der Waals surface area contributed by atoms with Crippen LogP contribution >= 0.6 is 34.8 Å². The van der Waals surface area contributed by atoms with Crippen molar-refractivity contribution in [2.45, 2.75) is 26.9 Å². The molecule has 0 unspecified atom stereocenters. The van der Waals surface area contributed by atoms with Crippen LogP contribution in [0.3, 0.4) is 0 Å². The predicted octanol–water partition coefficient (Wildman–Crippen LogP) is 4.34. The van der Waals surface area contributed by atoms with E-state index < -0.39 is 0 Å². The number of benzene rings is 1. The van der Waals surface area contributed by atoms with Gasteiger partial charge < -0.3 is 5.32 Å². The number of carbonyl (C=O) groups is 1. The summed E-state index contributed by atoms with van der Waals surface area (Å²) in [4.78, 5) is 12.2. The Bertz CT molecular complexity index is 924. The molecule has 3 aromatic rings. The molecule has 0 aliphatic heterocycles. The number of aromatic nitrogens is 4. The van der Waals surface area contributed by atoms with Crippen molar-refractivity contribution in [2.24, 2.45) is 0 Å². The largest absolute Gasteiger partial charge is 0.308 e. The second kappa shape index (κ2) is 7.70. The number of amides is 1. The Morgan fingerprint density at radius 2 is 1.81 bits per heavy atom. The van der Waals surface area contributed by atoms with E-state index in [1.165, 1.54) is 4.68 Å². The van der Waals surface area contributed by atoms with E-state index in [0.717, 1.165) is 11.3 Å². The van der Waals surface area contributed by atoms with Crippen LogP contribution in [0.2, 0.25) is 15.1 Å². The summed E-state index contributed by atoms with van der Waals surface area (Å²) in [5.41, 5.74) is 2.33. The van der Waals surface area contributed by atoms with Crippen molar-refractivity contribution in [1.82, 2.24) is 19.6 Å². The van der Waals surface area contributed by atoms with E-state index in [-0.39, 0.29) is 12.5 Å². The average molecular weight is 413 g/mol. The molecule has 2 aromatic heterocycles. The molecule has 1 amide bonds. The first-order valence-corrected chi connectivity index (χ1v) is 8.93. The van der Waals surface area contributed by atoms with Crippen LogP contribution in [-0.2, 0) is 17.9 Å². The van der Waals surface area contributed by atoms with Crippen molar-refractivity contribution >= 4 is 46.5 Å². The number of carbonyl (C=O) groups excluding carboxylic acids is 1. The molecule has 9 heteroatoms. The molecule has 6 nitrogen and oxygen atoms in total. The van der Waals surface area contributed by atoms with E-state index in [9.17, 15) is 4.79 Å². The first-order chi connectivity index (χ1) is 12.3. The third-order valence-corrected chi connectivity index (χ3v) is 4.89. The average Bonchev–Trinajstić information content (AvgIpc) is 3.05. The van der Waals surface area contributed by atoms with Crippen molar-refractivity contribution in [3.8, 4) is 0 Å². The maximum atomic E-state index is 12.2. The molecule has 2 heterocycles. The van der Waals surface area contributed by atoms with Gasteiger partial charge in [0, 0.05) is 33.6 Å². The quantitative estimate of drug-likeness (QED) is 0.678. The maximum Gasteiger partial charge on any atom is 0.247 e. The number of rotatable bonds is 5. The van der Waals surface area contributed by atoms with Gasteiger partial charge in [0.2, 0.25) is 5.91 Å². The lowest BCUT2D eigenvalue weighted by Crippen LogP contribution is -2.19. The van der Waals surface area contributed by atoms with Crippen LogP contribution in [0.5, 0.6) is 0 Å². The number of anilines is 1. The lowest BCUT2D eigenvalue weighted by Gasteiger charge is -2.08. The van der Waals surface area contributed by atoms with Crippen LogP contribution in [0.25, 0.3) is 0 Å². The molecular formula is C17H16Cl3N5O. The van der Waals surface area contributed by atoms with Gasteiger partial charge in [-0.2, -0.15) is 10.2 Å². The van der Waals surface area contributed by atoms with Gasteiger partial charge in [-0.05, 0) is 26.0 Å². The van der Waals surface area contributed by atoms with E-state index in [1.807, 2.05) is 6.92 Å². The monoisotopic (exact) mass is 411 g/mol. The molecule has 26 heavy (non-hydrogen) atoms. The summed E-state index contributed by atoms with van der Waals surface area (Å²) < 4.78 is 3.22. The molecule has 0 saturated heterocycles. The van der Waals surface area contributed by atoms with Crippen LogP contribution in [-0.4, -0.2) is 25.5 Å². The highest BCUT2D eigenvalue weighted by molar-refractivity contribution is 6.36. The summed E-state index contributed by atoms with van der Waals surface area (Å²) in [7, 11) is 0. The topological polar surface area (TPSA) is 64.7 Å². The molecule has 3 rings (SSSR count). The second-order valence-electron chi connectivity index (χ2n) is 5.84. The highest BCUT2D eigenvalue weighted by Gasteiger charge is 2.13. The Morgan fingerprint density at radius 1 is 1.12 bits per heavy atom. The van der Waals surface area contributed by atoms with Gasteiger partial charge in [-0.3, -0.25) is 14.2 Å². The van der Waals surface area contributed by atoms with Crippen molar-refractivity contribution < 1.29 is 4.79 Å². The summed E-state index contributed by atoms with van der Waals surface area (Å²) in [6.45, 7) is 4.13. The second-order valence-corrected chi connectivity index (χ2v) is 7.06. The summed E-state index contributed by atoms with van der Waals surface area (Å²) in [6, 6.07) is 7.13. The van der Waals surface area contributed by atoms with Gasteiger partial charge in [0.05, 0.1) is 17.3 Å². The number of hydrogen-bond donors (Lipinski definition) is 1. The zero-order chi connectivity index (χ0) is 18.8. The number of aryl methyl sites for hydroxylation is 2. The van der Waals surface area contributed by atoms with E-state index in [4.69, 9.17) is 34.8 Å². The van der Waals surface area contributed by atoms with E-state index in [1.54, 1.807) is 42.1 Å². The van der Waals surface area contributed by atoms with Crippen LogP contribution < -0.4 is 5.32 Å². The van der Waals surface area contributed by atoms with Crippen molar-refractivity contribution in [3.63, 3.8) is 0 Å². The van der Waals surface area contributed by atoms with Gasteiger partial charge in [-0.15, -0.1) is 0 Å². The Labute approximate surface area is 165 Å². The Kier molecular flexibility index (Phi) is 5.55. The van der Waals surface area contributed by atoms with Crippen LogP contribution in [0.15, 0.2) is 30.5 Å². The molecule has 0 radical (unpaired) electrons. The van der Waals surface area contributed by atoms with E-state index in [0.29, 0.717) is 33.1 Å². The molecule has 0 saturated carbocycles. The van der Waals surface area contributed by atoms with Crippen molar-refractivity contribution in [2.75, 3.05) is 5.32 Å². The molecule has 0 spiro atoms. The number of halogens is 3. The Hall–Kier alpha value is -2.02. The first kappa shape index (κ1) is 18.8. The van der Waals surface area contributed by atoms with E-state index in [2.05, 4.69) is 15.5 Å². The third kappa shape index (κ3) is 4.20. The van der Waals surface area contributed by atoms with Gasteiger partial charge in [0.25, 0.3) is 0 Å². The first-order valence-electron chi connectivity index (χ1n) is 7.80. The fourth-order valence-corrected chi connectivity index (χ4v) is 3.14. The zero-order valence-electron chi connectivity index (χ0n) is 14.1. The Morgan fingerprint density at radius 3 is 2.42 bits per heavy atom. The van der Waals surface area contributed by atoms with Crippen LogP contribution in [0.1, 0.15) is 17.0 Å². The SMILES string of the molecule is Cc1nn(CC(=O)Nc2cc(C)n(Cc3c(Cl)cccc3Cl)n2)cc1Cl. The van der Waals surface area contributed by atoms with Crippen LogP contribution in [0.4, 0.5) is 5.82 Å². The summed E-state index contributed by atoms with van der Waals surface area (Å²) in [5.74, 6) is 0.204. The predicted molar refractivity (Wildman–Crippen MR) is 103 cm³/mol. The standard InChI is InChI=1S/C17H16Cl3N5O/c1-10-6-16(21-17(26)9-24-8-15(20)11(2)22-24)23-25(10)7-12-13(18)4-3-5-14(12)19/h3-6,8H,7,9H2,1-2H3,(H,21,23,26).